The highest BCUT2D eigenvalue weighted by Gasteiger charge is 2.17. The number of phenolic OH excluding ortho intramolecular Hbond substituents is 1. The molecule has 184 valence electrons. The van der Waals surface area contributed by atoms with Gasteiger partial charge in [0.2, 0.25) is 0 Å². The highest BCUT2D eigenvalue weighted by atomic mass is 79.9. The Hall–Kier alpha value is -3.34. The second-order valence-corrected chi connectivity index (χ2v) is 9.65. The molecule has 4 rings (SSSR count). The molecule has 0 spiro atoms. The highest BCUT2D eigenvalue weighted by Crippen LogP contribution is 2.29. The van der Waals surface area contributed by atoms with E-state index in [4.69, 9.17) is 16.3 Å². The smallest absolute Gasteiger partial charge is 0.250 e. The van der Waals surface area contributed by atoms with Gasteiger partial charge in [-0.05, 0) is 73.7 Å². The molecule has 3 aromatic carbocycles. The summed E-state index contributed by atoms with van der Waals surface area (Å²) in [4.78, 5) is 12.4. The molecule has 0 aliphatic carbocycles. The summed E-state index contributed by atoms with van der Waals surface area (Å²) >= 11 is 10.6. The Morgan fingerprint density at radius 3 is 2.64 bits per heavy atom. The molecule has 2 N–H and O–H groups in total. The highest BCUT2D eigenvalue weighted by molar-refractivity contribution is 9.10. The predicted molar refractivity (Wildman–Crippen MR) is 145 cm³/mol. The maximum Gasteiger partial charge on any atom is 0.250 e. The van der Waals surface area contributed by atoms with Gasteiger partial charge in [0, 0.05) is 26.3 Å². The maximum atomic E-state index is 12.4. The molecule has 8 nitrogen and oxygen atoms in total. The van der Waals surface area contributed by atoms with Crippen molar-refractivity contribution in [1.29, 1.82) is 0 Å². The summed E-state index contributed by atoms with van der Waals surface area (Å²) in [5.74, 6) is 1.15. The zero-order chi connectivity index (χ0) is 25.5. The van der Waals surface area contributed by atoms with Crippen molar-refractivity contribution in [3.63, 3.8) is 0 Å². The fourth-order valence-electron chi connectivity index (χ4n) is 3.21. The van der Waals surface area contributed by atoms with E-state index in [-0.39, 0.29) is 17.4 Å². The summed E-state index contributed by atoms with van der Waals surface area (Å²) in [5, 5.41) is 23.7. The molecule has 0 saturated carbocycles. The number of aromatic hydroxyl groups is 1. The van der Waals surface area contributed by atoms with Gasteiger partial charge in [-0.15, -0.1) is 10.2 Å². The second kappa shape index (κ2) is 12.1. The number of nitrogens with zero attached hydrogens (tertiary/aromatic N) is 4. The number of aromatic nitrogens is 3. The molecular weight excluding hydrogens is 566 g/mol. The number of ether oxygens (including phenoxy) is 1. The van der Waals surface area contributed by atoms with Crippen LogP contribution in [0.2, 0.25) is 5.02 Å². The molecule has 1 amide bonds. The van der Waals surface area contributed by atoms with Crippen molar-refractivity contribution < 1.29 is 14.6 Å². The second-order valence-electron chi connectivity index (χ2n) is 7.36. The van der Waals surface area contributed by atoms with E-state index in [1.807, 2.05) is 47.9 Å². The number of hydrazone groups is 1. The number of thioether (sulfide) groups is 1. The van der Waals surface area contributed by atoms with E-state index in [0.29, 0.717) is 28.2 Å². The lowest BCUT2D eigenvalue weighted by atomic mass is 10.2. The van der Waals surface area contributed by atoms with Gasteiger partial charge in [-0.1, -0.05) is 39.3 Å². The third-order valence-electron chi connectivity index (χ3n) is 4.86. The number of rotatable bonds is 9. The van der Waals surface area contributed by atoms with Crippen molar-refractivity contribution in [3.05, 3.63) is 81.8 Å². The Balaban J connectivity index is 1.52. The Morgan fingerprint density at radius 1 is 1.17 bits per heavy atom. The Morgan fingerprint density at radius 2 is 1.92 bits per heavy atom. The molecule has 1 heterocycles. The molecule has 0 aliphatic heterocycles. The summed E-state index contributed by atoms with van der Waals surface area (Å²) in [7, 11) is 0. The number of hydrogen-bond acceptors (Lipinski definition) is 7. The molecule has 0 bridgehead atoms. The fourth-order valence-corrected chi connectivity index (χ4v) is 4.45. The molecule has 0 aliphatic rings. The van der Waals surface area contributed by atoms with Crippen LogP contribution in [0, 0.1) is 0 Å². The first kappa shape index (κ1) is 25.7. The van der Waals surface area contributed by atoms with E-state index in [1.54, 1.807) is 24.3 Å². The number of nitrogens with one attached hydrogen (secondary N) is 1. The van der Waals surface area contributed by atoms with Crippen molar-refractivity contribution in [2.45, 2.75) is 12.1 Å². The molecule has 1 aromatic heterocycles. The number of benzene rings is 3. The topological polar surface area (TPSA) is 102 Å². The van der Waals surface area contributed by atoms with Crippen LogP contribution >= 0.6 is 39.3 Å². The monoisotopic (exact) mass is 585 g/mol. The molecule has 36 heavy (non-hydrogen) atoms. The van der Waals surface area contributed by atoms with Gasteiger partial charge in [0.05, 0.1) is 18.6 Å². The lowest BCUT2D eigenvalue weighted by molar-refractivity contribution is -0.118. The Bertz CT molecular complexity index is 1380. The lowest BCUT2D eigenvalue weighted by Gasteiger charge is -2.11. The predicted octanol–water partition coefficient (Wildman–Crippen LogP) is 5.70. The molecule has 0 unspecified atom stereocenters. The van der Waals surface area contributed by atoms with E-state index >= 15 is 0 Å². The Labute approximate surface area is 225 Å². The summed E-state index contributed by atoms with van der Waals surface area (Å²) < 4.78 is 8.21. The average molecular weight is 587 g/mol. The zero-order valence-corrected chi connectivity index (χ0v) is 22.2. The van der Waals surface area contributed by atoms with Crippen LogP contribution in [0.5, 0.6) is 11.5 Å². The summed E-state index contributed by atoms with van der Waals surface area (Å²) in [6.07, 6.45) is 1.38. The number of phenols is 1. The minimum Gasteiger partial charge on any atom is -0.507 e. The third-order valence-corrected chi connectivity index (χ3v) is 6.53. The van der Waals surface area contributed by atoms with Crippen molar-refractivity contribution >= 4 is 51.4 Å². The normalized spacial score (nSPS) is 11.1. The zero-order valence-electron chi connectivity index (χ0n) is 19.1. The van der Waals surface area contributed by atoms with Crippen LogP contribution in [0.1, 0.15) is 12.5 Å². The minimum absolute atomic E-state index is 0.0532. The largest absolute Gasteiger partial charge is 0.507 e. The SMILES string of the molecule is CCOc1ccc(-n2c(SCC(=O)N/N=C/c3cc(Br)ccc3O)nnc2-c2ccc(Cl)cc2)cc1. The van der Waals surface area contributed by atoms with E-state index in [2.05, 4.69) is 36.7 Å². The van der Waals surface area contributed by atoms with Gasteiger partial charge in [-0.25, -0.2) is 5.43 Å². The lowest BCUT2D eigenvalue weighted by Crippen LogP contribution is -2.20. The van der Waals surface area contributed by atoms with Gasteiger partial charge in [-0.3, -0.25) is 9.36 Å². The van der Waals surface area contributed by atoms with Gasteiger partial charge < -0.3 is 9.84 Å². The molecule has 0 fully saturated rings. The van der Waals surface area contributed by atoms with Crippen molar-refractivity contribution in [3.8, 4) is 28.6 Å². The number of carbonyl (C=O) groups excluding carboxylic acids is 1. The molecule has 0 saturated heterocycles. The quantitative estimate of drug-likeness (QED) is 0.148. The molecule has 4 aromatic rings. The van der Waals surface area contributed by atoms with Crippen LogP contribution < -0.4 is 10.2 Å². The van der Waals surface area contributed by atoms with Crippen LogP contribution in [-0.2, 0) is 4.79 Å². The summed E-state index contributed by atoms with van der Waals surface area (Å²) in [6.45, 7) is 2.50. The Kier molecular flexibility index (Phi) is 8.63. The molecule has 0 atom stereocenters. The first-order valence-corrected chi connectivity index (χ1v) is 13.0. The minimum atomic E-state index is -0.333. The van der Waals surface area contributed by atoms with Crippen molar-refractivity contribution in [1.82, 2.24) is 20.2 Å². The number of hydrogen-bond donors (Lipinski definition) is 2. The van der Waals surface area contributed by atoms with Crippen LogP contribution in [-0.4, -0.2) is 44.4 Å². The number of halogens is 2. The van der Waals surface area contributed by atoms with Crippen LogP contribution in [0.3, 0.4) is 0 Å². The first-order valence-electron chi connectivity index (χ1n) is 10.8. The third kappa shape index (κ3) is 6.45. The van der Waals surface area contributed by atoms with Crippen LogP contribution in [0.15, 0.2) is 81.5 Å². The number of amides is 1. The van der Waals surface area contributed by atoms with E-state index in [9.17, 15) is 9.90 Å². The summed E-state index contributed by atoms with van der Waals surface area (Å²) in [6, 6.07) is 19.8. The van der Waals surface area contributed by atoms with Gasteiger partial charge in [0.25, 0.3) is 5.91 Å². The van der Waals surface area contributed by atoms with E-state index in [0.717, 1.165) is 21.5 Å². The van der Waals surface area contributed by atoms with Gasteiger partial charge in [0.1, 0.15) is 11.5 Å². The maximum absolute atomic E-state index is 12.4. The van der Waals surface area contributed by atoms with Crippen molar-refractivity contribution in [2.24, 2.45) is 5.10 Å². The van der Waals surface area contributed by atoms with E-state index < -0.39 is 0 Å². The molecule has 0 radical (unpaired) electrons. The molecule has 11 heteroatoms. The fraction of sp³-hybridized carbons (Fsp3) is 0.120. The van der Waals surface area contributed by atoms with Crippen LogP contribution in [0.4, 0.5) is 0 Å². The van der Waals surface area contributed by atoms with Gasteiger partial charge in [0.15, 0.2) is 11.0 Å². The standard InChI is InChI=1S/C25H21BrClN5O3S/c1-2-35-21-10-8-20(9-11-21)32-24(16-3-6-19(27)7-4-16)30-31-25(32)36-15-23(34)29-28-14-17-13-18(26)5-12-22(17)33/h3-14,33H,2,15H2,1H3,(H,29,34)/b28-14+. The van der Waals surface area contributed by atoms with Gasteiger partial charge >= 0.3 is 0 Å². The summed E-state index contributed by atoms with van der Waals surface area (Å²) in [5.41, 5.74) is 4.59. The van der Waals surface area contributed by atoms with Crippen molar-refractivity contribution in [2.75, 3.05) is 12.4 Å². The van der Waals surface area contributed by atoms with E-state index in [1.165, 1.54) is 24.0 Å². The van der Waals surface area contributed by atoms with Crippen LogP contribution in [0.25, 0.3) is 17.1 Å². The molecular formula is C25H21BrClN5O3S. The number of carbonyl (C=O) groups is 1. The average Bonchev–Trinajstić information content (AvgIpc) is 3.30. The first-order chi connectivity index (χ1) is 17.4. The van der Waals surface area contributed by atoms with Gasteiger partial charge in [-0.2, -0.15) is 5.10 Å².